The zero-order chi connectivity index (χ0) is 30.2. The Labute approximate surface area is 239 Å². The fourth-order valence-electron chi connectivity index (χ4n) is 5.32. The van der Waals surface area contributed by atoms with Gasteiger partial charge in [0.05, 0.1) is 30.8 Å². The Kier molecular flexibility index (Phi) is 13.0. The first-order chi connectivity index (χ1) is 18.7. The maximum atomic E-state index is 12.6. The molecule has 0 aliphatic carbocycles. The van der Waals surface area contributed by atoms with Crippen molar-refractivity contribution in [3.63, 3.8) is 0 Å². The molecule has 3 N–H and O–H groups in total. The van der Waals surface area contributed by atoms with Gasteiger partial charge < -0.3 is 34.3 Å². The molecule has 0 aromatic rings. The van der Waals surface area contributed by atoms with E-state index in [1.165, 1.54) is 6.92 Å². The molecule has 2 rings (SSSR count). The lowest BCUT2D eigenvalue weighted by Gasteiger charge is -2.32. The molecule has 0 amide bonds. The normalized spacial score (nSPS) is 36.0. The third-order valence-electron chi connectivity index (χ3n) is 8.09. The highest BCUT2D eigenvalue weighted by Crippen LogP contribution is 2.37. The molecule has 0 aromatic carbocycles. The van der Waals surface area contributed by atoms with Crippen molar-refractivity contribution in [1.82, 2.24) is 0 Å². The van der Waals surface area contributed by atoms with Crippen LogP contribution in [0.2, 0.25) is 0 Å². The second-order valence-corrected chi connectivity index (χ2v) is 11.7. The number of hydrogen-bond acceptors (Lipinski definition) is 9. The van der Waals surface area contributed by atoms with Gasteiger partial charge in [-0.25, -0.2) is 0 Å². The summed E-state index contributed by atoms with van der Waals surface area (Å²) >= 11 is 0. The van der Waals surface area contributed by atoms with E-state index in [-0.39, 0.29) is 55.3 Å². The van der Waals surface area contributed by atoms with Crippen LogP contribution < -0.4 is 0 Å². The lowest BCUT2D eigenvalue weighted by molar-refractivity contribution is -0.157. The van der Waals surface area contributed by atoms with E-state index in [0.717, 1.165) is 12.0 Å². The number of epoxide rings is 1. The summed E-state index contributed by atoms with van der Waals surface area (Å²) in [5, 5.41) is 32.2. The minimum absolute atomic E-state index is 0.0387. The molecule has 2 aliphatic heterocycles. The van der Waals surface area contributed by atoms with Crippen LogP contribution in [0.25, 0.3) is 0 Å². The van der Waals surface area contributed by atoms with Crippen LogP contribution in [0.15, 0.2) is 36.0 Å². The molecule has 2 heterocycles. The third-order valence-corrected chi connectivity index (χ3v) is 8.09. The number of ether oxygens (including phenoxy) is 4. The van der Waals surface area contributed by atoms with Crippen LogP contribution in [0, 0.1) is 17.8 Å². The molecular weight excluding hydrogens is 516 g/mol. The SMILES string of the molecule is CC[C@@H](OC)[C@@H](C)[C@H]1O[C@@H]1[C@@H](O)[C@@H](C)/C=C/C=C(/C)[C@@H]1OC(=O)C[C@H](O)CC[C@@](C)(O)[C@@H](OC(C)=O)/C=C/[C@H]1C. The number of allylic oxidation sites excluding steroid dienone is 2. The fourth-order valence-corrected chi connectivity index (χ4v) is 5.32. The van der Waals surface area contributed by atoms with Gasteiger partial charge in [0, 0.05) is 31.8 Å². The first kappa shape index (κ1) is 34.2. The van der Waals surface area contributed by atoms with Gasteiger partial charge in [-0.2, -0.15) is 0 Å². The number of hydrogen-bond donors (Lipinski definition) is 3. The van der Waals surface area contributed by atoms with E-state index in [1.807, 2.05) is 39.0 Å². The number of aliphatic hydroxyl groups excluding tert-OH is 2. The van der Waals surface area contributed by atoms with Crippen LogP contribution in [-0.2, 0) is 28.5 Å². The molecule has 0 unspecified atom stereocenters. The molecule has 11 atom stereocenters. The van der Waals surface area contributed by atoms with Crippen LogP contribution in [0.5, 0.6) is 0 Å². The second kappa shape index (κ2) is 15.3. The smallest absolute Gasteiger partial charge is 0.309 e. The first-order valence-electron chi connectivity index (χ1n) is 14.4. The van der Waals surface area contributed by atoms with Crippen LogP contribution in [0.1, 0.15) is 74.1 Å². The number of methoxy groups -OCH3 is 1. The Morgan fingerprint density at radius 3 is 2.52 bits per heavy atom. The molecule has 0 bridgehead atoms. The molecule has 0 radical (unpaired) electrons. The fraction of sp³-hybridized carbons (Fsp3) is 0.742. The largest absolute Gasteiger partial charge is 0.457 e. The number of rotatable bonds is 10. The van der Waals surface area contributed by atoms with Gasteiger partial charge in [-0.05, 0) is 44.8 Å². The van der Waals surface area contributed by atoms with E-state index < -0.39 is 42.0 Å². The average molecular weight is 567 g/mol. The first-order valence-corrected chi connectivity index (χ1v) is 14.4. The summed E-state index contributed by atoms with van der Waals surface area (Å²) in [7, 11) is 1.69. The third kappa shape index (κ3) is 9.80. The summed E-state index contributed by atoms with van der Waals surface area (Å²) in [5.41, 5.74) is -0.666. The molecule has 228 valence electrons. The summed E-state index contributed by atoms with van der Waals surface area (Å²) in [6.07, 6.45) is 6.42. The zero-order valence-electron chi connectivity index (χ0n) is 25.3. The monoisotopic (exact) mass is 566 g/mol. The van der Waals surface area contributed by atoms with E-state index in [0.29, 0.717) is 0 Å². The van der Waals surface area contributed by atoms with E-state index in [1.54, 1.807) is 26.2 Å². The quantitative estimate of drug-likeness (QED) is 0.157. The van der Waals surface area contributed by atoms with Crippen molar-refractivity contribution >= 4 is 11.9 Å². The van der Waals surface area contributed by atoms with Crippen molar-refractivity contribution in [2.75, 3.05) is 7.11 Å². The Hall–Kier alpha value is -2.04. The number of esters is 2. The van der Waals surface area contributed by atoms with Crippen molar-refractivity contribution in [1.29, 1.82) is 0 Å². The van der Waals surface area contributed by atoms with Crippen molar-refractivity contribution < 1.29 is 43.9 Å². The number of carbonyl (C=O) groups is 2. The number of carbonyl (C=O) groups excluding carboxylic acids is 2. The molecule has 1 saturated heterocycles. The van der Waals surface area contributed by atoms with Gasteiger partial charge in [-0.3, -0.25) is 9.59 Å². The zero-order valence-corrected chi connectivity index (χ0v) is 25.3. The maximum Gasteiger partial charge on any atom is 0.309 e. The van der Waals surface area contributed by atoms with E-state index in [4.69, 9.17) is 18.9 Å². The van der Waals surface area contributed by atoms with Crippen molar-refractivity contribution in [3.8, 4) is 0 Å². The van der Waals surface area contributed by atoms with Gasteiger partial charge >= 0.3 is 11.9 Å². The minimum atomic E-state index is -1.42. The van der Waals surface area contributed by atoms with E-state index in [9.17, 15) is 24.9 Å². The molecule has 0 aromatic heterocycles. The summed E-state index contributed by atoms with van der Waals surface area (Å²) in [4.78, 5) is 24.3. The van der Waals surface area contributed by atoms with Crippen molar-refractivity contribution in [2.45, 2.75) is 122 Å². The van der Waals surface area contributed by atoms with Crippen LogP contribution in [0.4, 0.5) is 0 Å². The van der Waals surface area contributed by atoms with Gasteiger partial charge in [0.2, 0.25) is 0 Å². The summed E-state index contributed by atoms with van der Waals surface area (Å²) < 4.78 is 22.5. The molecular formula is C31H50O9. The lowest BCUT2D eigenvalue weighted by atomic mass is 9.88. The summed E-state index contributed by atoms with van der Waals surface area (Å²) in [5.74, 6) is -1.39. The lowest BCUT2D eigenvalue weighted by Crippen LogP contribution is -2.42. The van der Waals surface area contributed by atoms with Gasteiger partial charge in [-0.1, -0.05) is 52.0 Å². The molecule has 0 saturated carbocycles. The number of cyclic esters (lactones) is 1. The van der Waals surface area contributed by atoms with Gasteiger partial charge in [0.15, 0.2) is 0 Å². The highest BCUT2D eigenvalue weighted by atomic mass is 16.6. The van der Waals surface area contributed by atoms with E-state index >= 15 is 0 Å². The summed E-state index contributed by atoms with van der Waals surface area (Å²) in [6, 6.07) is 0. The van der Waals surface area contributed by atoms with Gasteiger partial charge in [-0.15, -0.1) is 0 Å². The predicted octanol–water partition coefficient (Wildman–Crippen LogP) is 3.65. The van der Waals surface area contributed by atoms with Crippen molar-refractivity contribution in [2.24, 2.45) is 17.8 Å². The highest BCUT2D eigenvalue weighted by molar-refractivity contribution is 5.70. The highest BCUT2D eigenvalue weighted by Gasteiger charge is 2.50. The molecule has 9 heteroatoms. The van der Waals surface area contributed by atoms with E-state index in [2.05, 4.69) is 13.8 Å². The Morgan fingerprint density at radius 1 is 1.25 bits per heavy atom. The maximum absolute atomic E-state index is 12.6. The van der Waals surface area contributed by atoms with Crippen molar-refractivity contribution in [3.05, 3.63) is 36.0 Å². The van der Waals surface area contributed by atoms with Crippen LogP contribution >= 0.6 is 0 Å². The molecule has 0 spiro atoms. The molecule has 2 aliphatic rings. The predicted molar refractivity (Wildman–Crippen MR) is 151 cm³/mol. The second-order valence-electron chi connectivity index (χ2n) is 11.7. The van der Waals surface area contributed by atoms with Crippen LogP contribution in [-0.4, -0.2) is 82.7 Å². The molecule has 1 fully saturated rings. The standard InChI is InChI=1S/C31H50O9/c1-9-24(37-8)21(5)29-30(40-29)27(35)18(2)11-10-12-19(3)28-20(4)13-14-25(38-22(6)32)31(7,36)16-15-23(33)17-26(34)39-28/h10-14,18,20-21,23-25,27-30,33,35-36H,9,15-17H2,1-8H3/b11-10+,14-13+,19-12-/t18-,20+,21+,23+,24+,25-,27-,28-,29+,30+,31+/m0/s1. The summed E-state index contributed by atoms with van der Waals surface area (Å²) in [6.45, 7) is 12.6. The molecule has 9 nitrogen and oxygen atoms in total. The Balaban J connectivity index is 2.16. The van der Waals surface area contributed by atoms with Crippen LogP contribution in [0.3, 0.4) is 0 Å². The topological polar surface area (TPSA) is 135 Å². The average Bonchev–Trinajstić information content (AvgIpc) is 3.68. The minimum Gasteiger partial charge on any atom is -0.457 e. The van der Waals surface area contributed by atoms with Gasteiger partial charge in [0.25, 0.3) is 0 Å². The Morgan fingerprint density at radius 2 is 1.93 bits per heavy atom. The molecule has 40 heavy (non-hydrogen) atoms. The number of aliphatic hydroxyl groups is 3. The Bertz CT molecular complexity index is 920. The van der Waals surface area contributed by atoms with Gasteiger partial charge in [0.1, 0.15) is 23.9 Å².